The molecule has 0 aromatic heterocycles. The Bertz CT molecular complexity index is 842. The van der Waals surface area contributed by atoms with E-state index in [0.717, 1.165) is 55.3 Å². The Kier molecular flexibility index (Phi) is 11.2. The first-order valence-electron chi connectivity index (χ1n) is 15.1. The number of hydrogen-bond acceptors (Lipinski definition) is 1. The van der Waals surface area contributed by atoms with Crippen LogP contribution in [0.4, 0.5) is 4.39 Å². The van der Waals surface area contributed by atoms with E-state index in [4.69, 9.17) is 4.74 Å². The first kappa shape index (κ1) is 27.2. The molecule has 1 nitrogen and oxygen atoms in total. The lowest BCUT2D eigenvalue weighted by molar-refractivity contribution is 0.140. The minimum absolute atomic E-state index is 0.128. The van der Waals surface area contributed by atoms with Gasteiger partial charge < -0.3 is 4.74 Å². The van der Waals surface area contributed by atoms with Crippen molar-refractivity contribution in [1.29, 1.82) is 0 Å². The molecule has 0 bridgehead atoms. The Hall–Kier alpha value is -1.83. The fourth-order valence-corrected chi connectivity index (χ4v) is 6.78. The van der Waals surface area contributed by atoms with Crippen molar-refractivity contribution in [3.63, 3.8) is 0 Å². The number of aryl methyl sites for hydroxylation is 1. The van der Waals surface area contributed by atoms with Gasteiger partial charge in [-0.3, -0.25) is 4.39 Å². The summed E-state index contributed by atoms with van der Waals surface area (Å²) < 4.78 is 18.3. The summed E-state index contributed by atoms with van der Waals surface area (Å²) >= 11 is 0. The highest BCUT2D eigenvalue weighted by Crippen LogP contribution is 2.43. The third-order valence-electron chi connectivity index (χ3n) is 9.19. The predicted molar refractivity (Wildman–Crippen MR) is 151 cm³/mol. The molecule has 0 saturated heterocycles. The van der Waals surface area contributed by atoms with E-state index in [1.807, 2.05) is 0 Å². The van der Waals surface area contributed by atoms with Gasteiger partial charge in [0, 0.05) is 0 Å². The summed E-state index contributed by atoms with van der Waals surface area (Å²) in [4.78, 5) is 0. The van der Waals surface area contributed by atoms with Gasteiger partial charge in [-0.25, -0.2) is 0 Å². The molecule has 2 aromatic rings. The fraction of sp³-hybridized carbons (Fsp3) is 0.647. The predicted octanol–water partition coefficient (Wildman–Crippen LogP) is 10.2. The van der Waals surface area contributed by atoms with Crippen molar-refractivity contribution in [1.82, 2.24) is 0 Å². The van der Waals surface area contributed by atoms with E-state index in [1.165, 1.54) is 93.7 Å². The highest BCUT2D eigenvalue weighted by Gasteiger charge is 2.30. The standard InChI is InChI=1S/C34H49FO/c1-2-3-4-26-36-34-23-21-33(22-24-34)32-19-13-29(14-20-32)8-7-28-11-17-31(18-12-28)30-15-9-27(10-16-30)6-5-25-35/h13-14,19-24,27-28,30-31H,2-12,15-18,25-26H2,1H3/t27-,28?,30-,31?. The fourth-order valence-electron chi connectivity index (χ4n) is 6.78. The van der Waals surface area contributed by atoms with Gasteiger partial charge >= 0.3 is 0 Å². The molecule has 4 rings (SSSR count). The lowest BCUT2D eigenvalue weighted by atomic mass is 9.68. The van der Waals surface area contributed by atoms with Crippen molar-refractivity contribution >= 4 is 0 Å². The van der Waals surface area contributed by atoms with Crippen LogP contribution in [0, 0.1) is 23.7 Å². The normalized spacial score (nSPS) is 24.5. The van der Waals surface area contributed by atoms with Crippen LogP contribution in [0.3, 0.4) is 0 Å². The number of rotatable bonds is 13. The van der Waals surface area contributed by atoms with E-state index in [2.05, 4.69) is 55.5 Å². The number of ether oxygens (including phenoxy) is 1. The molecule has 2 aliphatic carbocycles. The van der Waals surface area contributed by atoms with Gasteiger partial charge in [-0.15, -0.1) is 0 Å². The Morgan fingerprint density at radius 1 is 0.667 bits per heavy atom. The summed E-state index contributed by atoms with van der Waals surface area (Å²) in [6.07, 6.45) is 19.3. The first-order valence-corrected chi connectivity index (χ1v) is 15.1. The van der Waals surface area contributed by atoms with Crippen molar-refractivity contribution < 1.29 is 9.13 Å². The van der Waals surface area contributed by atoms with Gasteiger partial charge in [0.1, 0.15) is 5.75 Å². The summed E-state index contributed by atoms with van der Waals surface area (Å²) in [6, 6.07) is 17.8. The molecule has 2 heteroatoms. The van der Waals surface area contributed by atoms with Gasteiger partial charge in [0.05, 0.1) is 13.3 Å². The second-order valence-corrected chi connectivity index (χ2v) is 11.7. The number of halogens is 1. The second-order valence-electron chi connectivity index (χ2n) is 11.7. The van der Waals surface area contributed by atoms with E-state index in [1.54, 1.807) is 0 Å². The molecule has 0 spiro atoms. The Balaban J connectivity index is 1.15. The minimum Gasteiger partial charge on any atom is -0.494 e. The van der Waals surface area contributed by atoms with Crippen LogP contribution in [0.1, 0.15) is 102 Å². The van der Waals surface area contributed by atoms with Crippen molar-refractivity contribution in [2.24, 2.45) is 23.7 Å². The van der Waals surface area contributed by atoms with E-state index in [9.17, 15) is 4.39 Å². The van der Waals surface area contributed by atoms with Crippen LogP contribution >= 0.6 is 0 Å². The van der Waals surface area contributed by atoms with E-state index in [-0.39, 0.29) is 6.67 Å². The molecule has 2 saturated carbocycles. The molecule has 0 aliphatic heterocycles. The number of alkyl halides is 1. The summed E-state index contributed by atoms with van der Waals surface area (Å²) in [6.45, 7) is 2.90. The smallest absolute Gasteiger partial charge is 0.119 e. The molecule has 0 heterocycles. The monoisotopic (exact) mass is 492 g/mol. The zero-order valence-corrected chi connectivity index (χ0v) is 22.7. The zero-order valence-electron chi connectivity index (χ0n) is 22.7. The average molecular weight is 493 g/mol. The molecule has 2 aromatic carbocycles. The third-order valence-corrected chi connectivity index (χ3v) is 9.19. The summed E-state index contributed by atoms with van der Waals surface area (Å²) in [5.41, 5.74) is 4.02. The summed E-state index contributed by atoms with van der Waals surface area (Å²) in [7, 11) is 0. The maximum Gasteiger partial charge on any atom is 0.119 e. The topological polar surface area (TPSA) is 9.23 Å². The lowest BCUT2D eigenvalue weighted by Crippen LogP contribution is -2.26. The minimum atomic E-state index is -0.128. The van der Waals surface area contributed by atoms with Gasteiger partial charge in [0.2, 0.25) is 0 Å². The van der Waals surface area contributed by atoms with Crippen molar-refractivity contribution in [2.75, 3.05) is 13.3 Å². The molecule has 0 amide bonds. The Labute approximate surface area is 220 Å². The summed E-state index contributed by atoms with van der Waals surface area (Å²) in [5.74, 6) is 4.63. The second kappa shape index (κ2) is 14.8. The van der Waals surface area contributed by atoms with Gasteiger partial charge in [-0.2, -0.15) is 0 Å². The van der Waals surface area contributed by atoms with Gasteiger partial charge in [-0.05, 0) is 110 Å². The Morgan fingerprint density at radius 3 is 1.78 bits per heavy atom. The average Bonchev–Trinajstić information content (AvgIpc) is 2.94. The van der Waals surface area contributed by atoms with Crippen LogP contribution in [0.2, 0.25) is 0 Å². The van der Waals surface area contributed by atoms with Crippen LogP contribution in [-0.2, 0) is 6.42 Å². The highest BCUT2D eigenvalue weighted by atomic mass is 19.1. The Morgan fingerprint density at radius 2 is 1.22 bits per heavy atom. The van der Waals surface area contributed by atoms with Crippen LogP contribution < -0.4 is 4.74 Å². The quantitative estimate of drug-likeness (QED) is 0.253. The maximum absolute atomic E-state index is 12.5. The van der Waals surface area contributed by atoms with Gasteiger partial charge in [0.15, 0.2) is 0 Å². The zero-order chi connectivity index (χ0) is 25.0. The molecular weight excluding hydrogens is 443 g/mol. The van der Waals surface area contributed by atoms with Crippen molar-refractivity contribution in [3.05, 3.63) is 54.1 Å². The van der Waals surface area contributed by atoms with E-state index >= 15 is 0 Å². The highest BCUT2D eigenvalue weighted by molar-refractivity contribution is 5.64. The van der Waals surface area contributed by atoms with Gasteiger partial charge in [-0.1, -0.05) is 81.8 Å². The molecule has 2 fully saturated rings. The number of hydrogen-bond donors (Lipinski definition) is 0. The number of benzene rings is 2. The van der Waals surface area contributed by atoms with Gasteiger partial charge in [0.25, 0.3) is 0 Å². The number of unbranched alkanes of at least 4 members (excludes halogenated alkanes) is 2. The summed E-state index contributed by atoms with van der Waals surface area (Å²) in [5, 5.41) is 0. The van der Waals surface area contributed by atoms with Crippen molar-refractivity contribution in [3.8, 4) is 16.9 Å². The first-order chi connectivity index (χ1) is 17.7. The van der Waals surface area contributed by atoms with E-state index < -0.39 is 0 Å². The molecule has 0 radical (unpaired) electrons. The van der Waals surface area contributed by atoms with Crippen LogP contribution in [-0.4, -0.2) is 13.3 Å². The molecule has 0 N–H and O–H groups in total. The molecular formula is C34H49FO. The van der Waals surface area contributed by atoms with Crippen LogP contribution in [0.5, 0.6) is 5.75 Å². The van der Waals surface area contributed by atoms with Crippen LogP contribution in [0.15, 0.2) is 48.5 Å². The maximum atomic E-state index is 12.5. The molecule has 0 unspecified atom stereocenters. The molecule has 36 heavy (non-hydrogen) atoms. The van der Waals surface area contributed by atoms with Crippen molar-refractivity contribution in [2.45, 2.75) is 103 Å². The molecule has 198 valence electrons. The van der Waals surface area contributed by atoms with E-state index in [0.29, 0.717) is 0 Å². The van der Waals surface area contributed by atoms with Crippen LogP contribution in [0.25, 0.3) is 11.1 Å². The largest absolute Gasteiger partial charge is 0.494 e. The lowest BCUT2D eigenvalue weighted by Gasteiger charge is -2.38. The SMILES string of the molecule is CCCCCOc1ccc(-c2ccc(CCC3CCC([C@H]4CC[C@H](CCCF)CC4)CC3)cc2)cc1. The molecule has 2 aliphatic rings. The molecule has 0 atom stereocenters. The third kappa shape index (κ3) is 8.35.